The fraction of sp³-hybridized carbons (Fsp3) is 0.211. The molecule has 0 atom stereocenters. The lowest BCUT2D eigenvalue weighted by atomic mass is 10.1. The van der Waals surface area contributed by atoms with E-state index in [4.69, 9.17) is 29.1 Å². The Kier molecular flexibility index (Phi) is 4.72. The van der Waals surface area contributed by atoms with Crippen molar-refractivity contribution < 1.29 is 28.5 Å². The van der Waals surface area contributed by atoms with Crippen molar-refractivity contribution in [3.63, 3.8) is 0 Å². The van der Waals surface area contributed by atoms with E-state index in [1.807, 2.05) is 0 Å². The second kappa shape index (κ2) is 6.99. The molecule has 0 radical (unpaired) electrons. The molecule has 2 aromatic carbocycles. The molecule has 0 amide bonds. The van der Waals surface area contributed by atoms with Crippen LogP contribution in [0.25, 0.3) is 22.3 Å². The standard InChI is InChI=1S/C19H19NO7/c1-23-12-6-5-9(7-10(12)20)13-8-11(21)14-15(22)17(24-2)19(26-4)18(25-3)16(14)27-13/h5-8,22H,20H2,1-4H3. The van der Waals surface area contributed by atoms with Crippen molar-refractivity contribution >= 4 is 16.7 Å². The fourth-order valence-electron chi connectivity index (χ4n) is 2.90. The summed E-state index contributed by atoms with van der Waals surface area (Å²) in [4.78, 5) is 12.7. The maximum absolute atomic E-state index is 12.7. The predicted molar refractivity (Wildman–Crippen MR) is 100 cm³/mol. The molecule has 0 spiro atoms. The summed E-state index contributed by atoms with van der Waals surface area (Å²) in [5.41, 5.74) is 6.44. The number of nitrogen functional groups attached to an aromatic ring is 1. The van der Waals surface area contributed by atoms with E-state index in [-0.39, 0.29) is 39.7 Å². The average molecular weight is 373 g/mol. The zero-order valence-electron chi connectivity index (χ0n) is 15.3. The lowest BCUT2D eigenvalue weighted by Gasteiger charge is -2.16. The highest BCUT2D eigenvalue weighted by Crippen LogP contribution is 2.49. The van der Waals surface area contributed by atoms with Crippen LogP contribution in [0.3, 0.4) is 0 Å². The van der Waals surface area contributed by atoms with Gasteiger partial charge < -0.3 is 34.2 Å². The molecule has 1 aromatic heterocycles. The molecule has 3 aromatic rings. The van der Waals surface area contributed by atoms with Crippen LogP contribution in [0.1, 0.15) is 0 Å². The number of fused-ring (bicyclic) bond motifs is 1. The van der Waals surface area contributed by atoms with Gasteiger partial charge in [0.25, 0.3) is 0 Å². The number of ether oxygens (including phenoxy) is 4. The quantitative estimate of drug-likeness (QED) is 0.657. The number of nitrogens with two attached hydrogens (primary N) is 1. The average Bonchev–Trinajstić information content (AvgIpc) is 2.66. The molecule has 3 N–H and O–H groups in total. The van der Waals surface area contributed by atoms with Crippen molar-refractivity contribution in [2.24, 2.45) is 0 Å². The summed E-state index contributed by atoms with van der Waals surface area (Å²) in [7, 11) is 5.64. The molecule has 0 aliphatic heterocycles. The van der Waals surface area contributed by atoms with Gasteiger partial charge in [0.2, 0.25) is 17.2 Å². The van der Waals surface area contributed by atoms with Crippen LogP contribution < -0.4 is 30.1 Å². The Hall–Kier alpha value is -3.55. The number of hydrogen-bond donors (Lipinski definition) is 2. The van der Waals surface area contributed by atoms with Crippen LogP contribution in [0.4, 0.5) is 5.69 Å². The Balaban J connectivity index is 2.37. The topological polar surface area (TPSA) is 113 Å². The molecule has 0 aliphatic rings. The van der Waals surface area contributed by atoms with E-state index >= 15 is 0 Å². The van der Waals surface area contributed by atoms with Crippen LogP contribution in [0.5, 0.6) is 28.7 Å². The Labute approximate surface area is 154 Å². The van der Waals surface area contributed by atoms with Crippen molar-refractivity contribution in [1.82, 2.24) is 0 Å². The van der Waals surface area contributed by atoms with Gasteiger partial charge in [0, 0.05) is 11.6 Å². The van der Waals surface area contributed by atoms with Gasteiger partial charge in [-0.15, -0.1) is 0 Å². The zero-order valence-corrected chi connectivity index (χ0v) is 15.3. The summed E-state index contributed by atoms with van der Waals surface area (Å²) in [5, 5.41) is 10.4. The van der Waals surface area contributed by atoms with Crippen LogP contribution >= 0.6 is 0 Å². The summed E-state index contributed by atoms with van der Waals surface area (Å²) >= 11 is 0. The number of hydrogen-bond acceptors (Lipinski definition) is 8. The van der Waals surface area contributed by atoms with Gasteiger partial charge in [-0.2, -0.15) is 0 Å². The smallest absolute Gasteiger partial charge is 0.211 e. The molecule has 3 rings (SSSR count). The van der Waals surface area contributed by atoms with Crippen LogP contribution in [-0.2, 0) is 0 Å². The van der Waals surface area contributed by atoms with E-state index in [0.717, 1.165) is 0 Å². The van der Waals surface area contributed by atoms with Crippen molar-refractivity contribution in [2.45, 2.75) is 0 Å². The highest BCUT2D eigenvalue weighted by Gasteiger charge is 2.26. The number of phenols is 1. The van der Waals surface area contributed by atoms with Crippen LogP contribution in [-0.4, -0.2) is 33.5 Å². The van der Waals surface area contributed by atoms with Crippen LogP contribution in [0.2, 0.25) is 0 Å². The summed E-state index contributed by atoms with van der Waals surface area (Å²) in [6, 6.07) is 6.25. The molecule has 0 fully saturated rings. The van der Waals surface area contributed by atoms with Crippen LogP contribution in [0.15, 0.2) is 33.5 Å². The normalized spacial score (nSPS) is 10.7. The van der Waals surface area contributed by atoms with Crippen molar-refractivity contribution in [1.29, 1.82) is 0 Å². The highest BCUT2D eigenvalue weighted by molar-refractivity contribution is 5.95. The molecule has 0 aliphatic carbocycles. The van der Waals surface area contributed by atoms with Gasteiger partial charge in [-0.05, 0) is 18.2 Å². The first-order chi connectivity index (χ1) is 13.0. The van der Waals surface area contributed by atoms with Gasteiger partial charge >= 0.3 is 0 Å². The molecule has 142 valence electrons. The largest absolute Gasteiger partial charge is 0.504 e. The molecular weight excluding hydrogens is 354 g/mol. The first kappa shape index (κ1) is 18.2. The maximum atomic E-state index is 12.7. The van der Waals surface area contributed by atoms with Crippen molar-refractivity contribution in [3.05, 3.63) is 34.5 Å². The maximum Gasteiger partial charge on any atom is 0.211 e. The molecule has 8 heteroatoms. The van der Waals surface area contributed by atoms with E-state index < -0.39 is 5.43 Å². The van der Waals surface area contributed by atoms with Crippen molar-refractivity contribution in [3.8, 4) is 40.1 Å². The second-order valence-corrected chi connectivity index (χ2v) is 5.58. The fourth-order valence-corrected chi connectivity index (χ4v) is 2.90. The molecular formula is C19H19NO7. The van der Waals surface area contributed by atoms with E-state index in [0.29, 0.717) is 17.0 Å². The lowest BCUT2D eigenvalue weighted by molar-refractivity contribution is 0.311. The second-order valence-electron chi connectivity index (χ2n) is 5.58. The third kappa shape index (κ3) is 2.84. The molecule has 0 unspecified atom stereocenters. The van der Waals surface area contributed by atoms with Crippen molar-refractivity contribution in [2.75, 3.05) is 34.2 Å². The first-order valence-corrected chi connectivity index (χ1v) is 7.89. The monoisotopic (exact) mass is 373 g/mol. The Morgan fingerprint density at radius 2 is 1.59 bits per heavy atom. The Bertz CT molecular complexity index is 1070. The molecule has 0 bridgehead atoms. The Morgan fingerprint density at radius 3 is 2.15 bits per heavy atom. The van der Waals surface area contributed by atoms with E-state index in [1.165, 1.54) is 34.5 Å². The molecule has 27 heavy (non-hydrogen) atoms. The summed E-state index contributed by atoms with van der Waals surface area (Å²) in [6.07, 6.45) is 0. The van der Waals surface area contributed by atoms with Gasteiger partial charge in [0.15, 0.2) is 16.8 Å². The lowest BCUT2D eigenvalue weighted by Crippen LogP contribution is -2.05. The third-order valence-corrected chi connectivity index (χ3v) is 4.14. The first-order valence-electron chi connectivity index (χ1n) is 7.89. The van der Waals surface area contributed by atoms with Gasteiger partial charge in [-0.1, -0.05) is 0 Å². The van der Waals surface area contributed by atoms with Gasteiger partial charge in [-0.25, -0.2) is 0 Å². The number of methoxy groups -OCH3 is 4. The number of anilines is 1. The zero-order chi connectivity index (χ0) is 19.7. The Morgan fingerprint density at radius 1 is 0.926 bits per heavy atom. The molecule has 8 nitrogen and oxygen atoms in total. The highest BCUT2D eigenvalue weighted by atomic mass is 16.5. The molecule has 0 saturated carbocycles. The number of benzene rings is 2. The van der Waals surface area contributed by atoms with E-state index in [1.54, 1.807) is 18.2 Å². The minimum absolute atomic E-state index is 0.0180. The predicted octanol–water partition coefficient (Wildman–Crippen LogP) is 2.78. The van der Waals surface area contributed by atoms with Gasteiger partial charge in [0.05, 0.1) is 34.1 Å². The SMILES string of the molecule is COc1ccc(-c2cc(=O)c3c(O)c(OC)c(OC)c(OC)c3o2)cc1N. The summed E-state index contributed by atoms with van der Waals surface area (Å²) in [6.45, 7) is 0. The number of rotatable bonds is 5. The number of aromatic hydroxyl groups is 1. The van der Waals surface area contributed by atoms with E-state index in [2.05, 4.69) is 0 Å². The minimum Gasteiger partial charge on any atom is -0.504 e. The summed E-state index contributed by atoms with van der Waals surface area (Å²) in [5.74, 6) is 0.577. The minimum atomic E-state index is -0.475. The van der Waals surface area contributed by atoms with Gasteiger partial charge in [0.1, 0.15) is 16.9 Å². The molecule has 0 saturated heterocycles. The summed E-state index contributed by atoms with van der Waals surface area (Å²) < 4.78 is 26.8. The van der Waals surface area contributed by atoms with Crippen LogP contribution in [0, 0.1) is 0 Å². The number of phenolic OH excluding ortho intramolecular Hbond substituents is 1. The van der Waals surface area contributed by atoms with Gasteiger partial charge in [-0.3, -0.25) is 4.79 Å². The van der Waals surface area contributed by atoms with E-state index in [9.17, 15) is 9.90 Å². The third-order valence-electron chi connectivity index (χ3n) is 4.14. The molecule has 1 heterocycles.